The minimum Gasteiger partial charge on any atom is -0.391 e. The van der Waals surface area contributed by atoms with Crippen molar-refractivity contribution in [2.75, 3.05) is 5.32 Å². The first-order chi connectivity index (χ1) is 11.0. The van der Waals surface area contributed by atoms with Crippen LogP contribution in [0.25, 0.3) is 0 Å². The van der Waals surface area contributed by atoms with Crippen molar-refractivity contribution in [1.82, 2.24) is 5.32 Å². The van der Waals surface area contributed by atoms with Gasteiger partial charge in [0.05, 0.1) is 6.10 Å². The minimum absolute atomic E-state index is 0.0414. The van der Waals surface area contributed by atoms with Gasteiger partial charge in [-0.05, 0) is 25.0 Å². The van der Waals surface area contributed by atoms with Gasteiger partial charge in [0.15, 0.2) is 11.6 Å². The molecule has 1 saturated heterocycles. The van der Waals surface area contributed by atoms with Gasteiger partial charge in [0.25, 0.3) is 0 Å². The van der Waals surface area contributed by atoms with Crippen LogP contribution in [0.5, 0.6) is 0 Å². The smallest absolute Gasteiger partial charge is 0.239 e. The van der Waals surface area contributed by atoms with E-state index < -0.39 is 35.5 Å². The molecule has 2 fully saturated rings. The molecular formula is C16H18F2N2O3. The number of anilines is 1. The average Bonchev–Trinajstić information content (AvgIpc) is 2.51. The van der Waals surface area contributed by atoms with E-state index in [0.717, 1.165) is 37.8 Å². The largest absolute Gasteiger partial charge is 0.391 e. The highest BCUT2D eigenvalue weighted by Gasteiger charge is 2.47. The molecule has 1 aromatic rings. The molecule has 0 aromatic heterocycles. The lowest BCUT2D eigenvalue weighted by Gasteiger charge is -2.42. The predicted molar refractivity (Wildman–Crippen MR) is 78.4 cm³/mol. The molecule has 124 valence electrons. The third-order valence-corrected chi connectivity index (χ3v) is 4.68. The number of rotatable bonds is 2. The van der Waals surface area contributed by atoms with Crippen molar-refractivity contribution in [3.63, 3.8) is 0 Å². The summed E-state index contributed by atoms with van der Waals surface area (Å²) in [5.74, 6) is -4.76. The van der Waals surface area contributed by atoms with E-state index in [1.807, 2.05) is 0 Å². The van der Waals surface area contributed by atoms with Crippen LogP contribution in [0.1, 0.15) is 25.7 Å². The van der Waals surface area contributed by atoms with Crippen LogP contribution >= 0.6 is 0 Å². The third-order valence-electron chi connectivity index (χ3n) is 4.68. The molecule has 1 aliphatic heterocycles. The Hall–Kier alpha value is -2.02. The number of amides is 2. The predicted octanol–water partition coefficient (Wildman–Crippen LogP) is 1.57. The van der Waals surface area contributed by atoms with Gasteiger partial charge in [-0.15, -0.1) is 0 Å². The van der Waals surface area contributed by atoms with Crippen molar-refractivity contribution in [3.8, 4) is 0 Å². The molecule has 3 N–H and O–H groups in total. The summed E-state index contributed by atoms with van der Waals surface area (Å²) in [4.78, 5) is 24.5. The Labute approximate surface area is 132 Å². The quantitative estimate of drug-likeness (QED) is 0.723. The van der Waals surface area contributed by atoms with Gasteiger partial charge in [-0.25, -0.2) is 8.78 Å². The number of halogens is 2. The summed E-state index contributed by atoms with van der Waals surface area (Å²) in [6, 6.07) is 2.83. The second kappa shape index (κ2) is 6.23. The summed E-state index contributed by atoms with van der Waals surface area (Å²) in [5, 5.41) is 15.6. The van der Waals surface area contributed by atoms with E-state index in [1.165, 1.54) is 6.07 Å². The first-order valence-corrected chi connectivity index (χ1v) is 7.71. The van der Waals surface area contributed by atoms with Crippen molar-refractivity contribution < 1.29 is 23.5 Å². The molecule has 2 aliphatic rings. The molecule has 4 atom stereocenters. The summed E-state index contributed by atoms with van der Waals surface area (Å²) in [7, 11) is 0. The van der Waals surface area contributed by atoms with Crippen LogP contribution in [0.15, 0.2) is 18.2 Å². The van der Waals surface area contributed by atoms with Gasteiger partial charge < -0.3 is 15.7 Å². The fourth-order valence-electron chi connectivity index (χ4n) is 3.49. The van der Waals surface area contributed by atoms with Crippen LogP contribution in [-0.4, -0.2) is 29.1 Å². The zero-order chi connectivity index (χ0) is 16.6. The summed E-state index contributed by atoms with van der Waals surface area (Å²) < 4.78 is 26.1. The lowest BCUT2D eigenvalue weighted by molar-refractivity contribution is -0.146. The third kappa shape index (κ3) is 3.06. The molecule has 5 nitrogen and oxygen atoms in total. The Kier molecular flexibility index (Phi) is 4.30. The van der Waals surface area contributed by atoms with Crippen molar-refractivity contribution in [2.24, 2.45) is 11.8 Å². The van der Waals surface area contributed by atoms with Gasteiger partial charge in [-0.1, -0.05) is 12.8 Å². The number of carbonyl (C=O) groups is 2. The molecule has 1 aromatic carbocycles. The second-order valence-corrected chi connectivity index (χ2v) is 6.15. The second-order valence-electron chi connectivity index (χ2n) is 6.15. The first-order valence-electron chi connectivity index (χ1n) is 7.71. The van der Waals surface area contributed by atoms with Crippen molar-refractivity contribution in [3.05, 3.63) is 29.8 Å². The van der Waals surface area contributed by atoms with E-state index in [4.69, 9.17) is 0 Å². The van der Waals surface area contributed by atoms with E-state index in [2.05, 4.69) is 10.6 Å². The van der Waals surface area contributed by atoms with Crippen LogP contribution in [-0.2, 0) is 9.59 Å². The van der Waals surface area contributed by atoms with Gasteiger partial charge >= 0.3 is 0 Å². The molecule has 1 aliphatic carbocycles. The van der Waals surface area contributed by atoms with Gasteiger partial charge in [0.2, 0.25) is 11.8 Å². The van der Waals surface area contributed by atoms with Gasteiger partial charge in [-0.3, -0.25) is 9.59 Å². The number of hydrogen-bond acceptors (Lipinski definition) is 3. The first kappa shape index (κ1) is 15.9. The van der Waals surface area contributed by atoms with Crippen LogP contribution in [0.3, 0.4) is 0 Å². The molecule has 0 bridgehead atoms. The molecule has 2 amide bonds. The van der Waals surface area contributed by atoms with E-state index in [1.54, 1.807) is 0 Å². The number of hydrogen-bond donors (Lipinski definition) is 3. The van der Waals surface area contributed by atoms with E-state index in [-0.39, 0.29) is 17.6 Å². The number of nitrogens with one attached hydrogen (secondary N) is 2. The maximum absolute atomic E-state index is 13.2. The Bertz CT molecular complexity index is 638. The summed E-state index contributed by atoms with van der Waals surface area (Å²) in [6.45, 7) is 0. The molecular weight excluding hydrogens is 306 g/mol. The van der Waals surface area contributed by atoms with E-state index in [0.29, 0.717) is 0 Å². The molecule has 23 heavy (non-hydrogen) atoms. The SMILES string of the molecule is O=C(Nc1ccc(F)c(F)c1)C1C(=O)NC2CCCCC2C1O. The van der Waals surface area contributed by atoms with Crippen LogP contribution in [0.2, 0.25) is 0 Å². The number of aliphatic hydroxyl groups is 1. The van der Waals surface area contributed by atoms with Gasteiger partial charge in [0, 0.05) is 23.7 Å². The molecule has 4 unspecified atom stereocenters. The number of piperidine rings is 1. The summed E-state index contributed by atoms with van der Waals surface area (Å²) in [5.41, 5.74) is 0.0414. The Morgan fingerprint density at radius 1 is 1.22 bits per heavy atom. The maximum atomic E-state index is 13.2. The van der Waals surface area contributed by atoms with Crippen molar-refractivity contribution >= 4 is 17.5 Å². The van der Waals surface area contributed by atoms with Crippen molar-refractivity contribution in [2.45, 2.75) is 37.8 Å². The molecule has 1 heterocycles. The van der Waals surface area contributed by atoms with Crippen molar-refractivity contribution in [1.29, 1.82) is 0 Å². The highest BCUT2D eigenvalue weighted by atomic mass is 19.2. The number of aliphatic hydroxyl groups excluding tert-OH is 1. The number of benzene rings is 1. The zero-order valence-corrected chi connectivity index (χ0v) is 12.4. The highest BCUT2D eigenvalue weighted by molar-refractivity contribution is 6.07. The normalized spacial score (nSPS) is 30.3. The van der Waals surface area contributed by atoms with Gasteiger partial charge in [-0.2, -0.15) is 0 Å². The lowest BCUT2D eigenvalue weighted by atomic mass is 9.73. The topological polar surface area (TPSA) is 78.4 Å². The zero-order valence-electron chi connectivity index (χ0n) is 12.4. The molecule has 1 saturated carbocycles. The Morgan fingerprint density at radius 2 is 1.96 bits per heavy atom. The molecule has 3 rings (SSSR count). The fraction of sp³-hybridized carbons (Fsp3) is 0.500. The lowest BCUT2D eigenvalue weighted by Crippen LogP contribution is -2.60. The maximum Gasteiger partial charge on any atom is 0.239 e. The van der Waals surface area contributed by atoms with E-state index >= 15 is 0 Å². The number of carbonyl (C=O) groups excluding carboxylic acids is 2. The summed E-state index contributed by atoms with van der Waals surface area (Å²) in [6.07, 6.45) is 2.41. The van der Waals surface area contributed by atoms with Crippen LogP contribution in [0.4, 0.5) is 14.5 Å². The Balaban J connectivity index is 1.75. The molecule has 0 radical (unpaired) electrons. The average molecular weight is 324 g/mol. The minimum atomic E-state index is -1.25. The van der Waals surface area contributed by atoms with Crippen LogP contribution < -0.4 is 10.6 Å². The van der Waals surface area contributed by atoms with Crippen LogP contribution in [0, 0.1) is 23.5 Å². The Morgan fingerprint density at radius 3 is 2.70 bits per heavy atom. The standard InChI is InChI=1S/C16H18F2N2O3/c17-10-6-5-8(7-11(10)18)19-15(22)13-14(21)9-3-1-2-4-12(9)20-16(13)23/h5-7,9,12-14,21H,1-4H2,(H,19,22)(H,20,23). The molecule has 7 heteroatoms. The monoisotopic (exact) mass is 324 g/mol. The highest BCUT2D eigenvalue weighted by Crippen LogP contribution is 2.34. The molecule has 0 spiro atoms. The van der Waals surface area contributed by atoms with Gasteiger partial charge in [0.1, 0.15) is 5.92 Å². The summed E-state index contributed by atoms with van der Waals surface area (Å²) >= 11 is 0. The fourth-order valence-corrected chi connectivity index (χ4v) is 3.49. The van der Waals surface area contributed by atoms with E-state index in [9.17, 15) is 23.5 Å². The number of fused-ring (bicyclic) bond motifs is 1.